The van der Waals surface area contributed by atoms with Gasteiger partial charge in [0, 0.05) is 6.54 Å². The largest absolute Gasteiger partial charge is 0.492 e. The molecule has 0 bridgehead atoms. The van der Waals surface area contributed by atoms with Gasteiger partial charge in [-0.25, -0.2) is 4.39 Å². The first-order valence-corrected chi connectivity index (χ1v) is 8.55. The van der Waals surface area contributed by atoms with Crippen LogP contribution >= 0.6 is 0 Å². The van der Waals surface area contributed by atoms with Crippen molar-refractivity contribution in [3.63, 3.8) is 0 Å². The summed E-state index contributed by atoms with van der Waals surface area (Å²) in [4.78, 5) is 0. The smallest absolute Gasteiger partial charge is 0.123 e. The van der Waals surface area contributed by atoms with Gasteiger partial charge in [-0.3, -0.25) is 0 Å². The Bertz CT molecular complexity index is 772. The molecular weight excluding hydrogens is 313 g/mol. The van der Waals surface area contributed by atoms with E-state index in [1.54, 1.807) is 12.1 Å². The van der Waals surface area contributed by atoms with Crippen molar-refractivity contribution in [3.05, 3.63) is 90.2 Å². The molecule has 0 heterocycles. The minimum Gasteiger partial charge on any atom is -0.492 e. The molecule has 0 spiro atoms. The van der Waals surface area contributed by atoms with E-state index in [2.05, 4.69) is 29.6 Å². The Labute approximate surface area is 148 Å². The van der Waals surface area contributed by atoms with E-state index in [0.717, 1.165) is 30.8 Å². The molecule has 0 amide bonds. The van der Waals surface area contributed by atoms with Crippen LogP contribution in [0.25, 0.3) is 11.1 Å². The minimum atomic E-state index is -0.181. The molecule has 0 saturated carbocycles. The van der Waals surface area contributed by atoms with E-state index in [0.29, 0.717) is 6.61 Å². The van der Waals surface area contributed by atoms with Crippen LogP contribution < -0.4 is 10.1 Å². The summed E-state index contributed by atoms with van der Waals surface area (Å²) in [5.74, 6) is 0.686. The Balaban J connectivity index is 1.36. The summed E-state index contributed by atoms with van der Waals surface area (Å²) in [6.45, 7) is 2.17. The van der Waals surface area contributed by atoms with E-state index >= 15 is 0 Å². The van der Waals surface area contributed by atoms with Gasteiger partial charge in [0.05, 0.1) is 0 Å². The van der Waals surface area contributed by atoms with Crippen LogP contribution in [0.15, 0.2) is 78.9 Å². The van der Waals surface area contributed by atoms with Gasteiger partial charge >= 0.3 is 0 Å². The Morgan fingerprint density at radius 3 is 2.28 bits per heavy atom. The van der Waals surface area contributed by atoms with E-state index in [4.69, 9.17) is 4.74 Å². The predicted molar refractivity (Wildman–Crippen MR) is 100 cm³/mol. The summed E-state index contributed by atoms with van der Waals surface area (Å²) in [6.07, 6.45) is 0.809. The summed E-state index contributed by atoms with van der Waals surface area (Å²) >= 11 is 0. The highest BCUT2D eigenvalue weighted by Gasteiger charge is 1.99. The average Bonchev–Trinajstić information content (AvgIpc) is 2.66. The second-order valence-corrected chi connectivity index (χ2v) is 5.87. The number of halogens is 1. The molecule has 0 atom stereocenters. The average molecular weight is 335 g/mol. The first-order chi connectivity index (χ1) is 12.3. The Kier molecular flexibility index (Phi) is 6.18. The van der Waals surface area contributed by atoms with E-state index in [-0.39, 0.29) is 5.82 Å². The topological polar surface area (TPSA) is 21.3 Å². The number of hydrogen-bond acceptors (Lipinski definition) is 2. The van der Waals surface area contributed by atoms with Gasteiger partial charge in [-0.1, -0.05) is 54.6 Å². The molecule has 0 aromatic heterocycles. The van der Waals surface area contributed by atoms with Crippen molar-refractivity contribution in [2.75, 3.05) is 19.7 Å². The summed E-state index contributed by atoms with van der Waals surface area (Å²) in [7, 11) is 0. The second kappa shape index (κ2) is 9.00. The zero-order chi connectivity index (χ0) is 17.3. The maximum atomic E-state index is 13.1. The minimum absolute atomic E-state index is 0.181. The molecule has 2 nitrogen and oxygen atoms in total. The van der Waals surface area contributed by atoms with Gasteiger partial charge in [-0.2, -0.15) is 0 Å². The van der Waals surface area contributed by atoms with Crippen LogP contribution in [-0.4, -0.2) is 19.7 Å². The molecule has 0 aliphatic carbocycles. The Hall–Kier alpha value is -2.65. The first-order valence-electron chi connectivity index (χ1n) is 8.55. The molecule has 3 rings (SSSR count). The van der Waals surface area contributed by atoms with Crippen molar-refractivity contribution in [2.45, 2.75) is 6.42 Å². The molecule has 0 saturated heterocycles. The molecular formula is C22H22FNO. The van der Waals surface area contributed by atoms with Crippen LogP contribution in [0, 0.1) is 5.82 Å². The fourth-order valence-corrected chi connectivity index (χ4v) is 2.67. The van der Waals surface area contributed by atoms with Crippen LogP contribution in [0.2, 0.25) is 0 Å². The summed E-state index contributed by atoms with van der Waals surface area (Å²) in [6, 6.07) is 25.1. The van der Waals surface area contributed by atoms with Gasteiger partial charge in [-0.05, 0) is 53.9 Å². The highest BCUT2D eigenvalue weighted by Crippen LogP contribution is 2.21. The van der Waals surface area contributed by atoms with Gasteiger partial charge in [0.15, 0.2) is 0 Å². The second-order valence-electron chi connectivity index (χ2n) is 5.87. The lowest BCUT2D eigenvalue weighted by Crippen LogP contribution is -2.23. The van der Waals surface area contributed by atoms with Crippen LogP contribution in [-0.2, 0) is 6.42 Å². The van der Waals surface area contributed by atoms with Crippen LogP contribution in [0.3, 0.4) is 0 Å². The Morgan fingerprint density at radius 1 is 0.760 bits per heavy atom. The lowest BCUT2D eigenvalue weighted by molar-refractivity contribution is 0.314. The van der Waals surface area contributed by atoms with Gasteiger partial charge in [0.25, 0.3) is 0 Å². The molecule has 3 heteroatoms. The number of benzene rings is 3. The third kappa shape index (κ3) is 5.44. The molecule has 0 unspecified atom stereocenters. The summed E-state index contributed by atoms with van der Waals surface area (Å²) < 4.78 is 18.8. The third-order valence-corrected chi connectivity index (χ3v) is 3.99. The third-order valence-electron chi connectivity index (χ3n) is 3.99. The van der Waals surface area contributed by atoms with Gasteiger partial charge in [0.2, 0.25) is 0 Å². The van der Waals surface area contributed by atoms with Crippen molar-refractivity contribution >= 4 is 0 Å². The molecule has 128 valence electrons. The zero-order valence-electron chi connectivity index (χ0n) is 14.1. The van der Waals surface area contributed by atoms with Crippen LogP contribution in [0.1, 0.15) is 5.56 Å². The van der Waals surface area contributed by atoms with Gasteiger partial charge in [0.1, 0.15) is 18.2 Å². The van der Waals surface area contributed by atoms with E-state index < -0.39 is 0 Å². The molecule has 3 aromatic carbocycles. The van der Waals surface area contributed by atoms with Crippen molar-refractivity contribution in [1.29, 1.82) is 0 Å². The number of hydrogen-bond donors (Lipinski definition) is 1. The highest BCUT2D eigenvalue weighted by atomic mass is 19.1. The van der Waals surface area contributed by atoms with Crippen LogP contribution in [0.5, 0.6) is 5.75 Å². The molecule has 0 fully saturated rings. The number of nitrogens with one attached hydrogen (secondary N) is 1. The number of rotatable bonds is 8. The molecule has 25 heavy (non-hydrogen) atoms. The lowest BCUT2D eigenvalue weighted by atomic mass is 10.1. The van der Waals surface area contributed by atoms with E-state index in [1.165, 1.54) is 17.2 Å². The Morgan fingerprint density at radius 2 is 1.52 bits per heavy atom. The van der Waals surface area contributed by atoms with Gasteiger partial charge in [-0.15, -0.1) is 0 Å². The predicted octanol–water partition coefficient (Wildman–Crippen LogP) is 4.70. The fourth-order valence-electron chi connectivity index (χ4n) is 2.67. The van der Waals surface area contributed by atoms with Crippen LogP contribution in [0.4, 0.5) is 4.39 Å². The molecule has 0 aliphatic heterocycles. The van der Waals surface area contributed by atoms with E-state index in [1.807, 2.05) is 36.4 Å². The van der Waals surface area contributed by atoms with Gasteiger partial charge < -0.3 is 10.1 Å². The summed E-state index contributed by atoms with van der Waals surface area (Å²) in [5, 5.41) is 3.31. The monoisotopic (exact) mass is 335 g/mol. The first kappa shape index (κ1) is 17.2. The highest BCUT2D eigenvalue weighted by molar-refractivity contribution is 5.63. The van der Waals surface area contributed by atoms with E-state index in [9.17, 15) is 4.39 Å². The zero-order valence-corrected chi connectivity index (χ0v) is 14.1. The molecule has 1 N–H and O–H groups in total. The van der Waals surface area contributed by atoms with Crippen molar-refractivity contribution in [1.82, 2.24) is 5.32 Å². The van der Waals surface area contributed by atoms with Crippen molar-refractivity contribution in [2.24, 2.45) is 0 Å². The van der Waals surface area contributed by atoms with Crippen molar-refractivity contribution in [3.8, 4) is 16.9 Å². The molecule has 3 aromatic rings. The quantitative estimate of drug-likeness (QED) is 0.602. The number of ether oxygens (including phenoxy) is 1. The van der Waals surface area contributed by atoms with Crippen molar-refractivity contribution < 1.29 is 9.13 Å². The SMILES string of the molecule is Fc1cccc(CCNCCOc2ccc(-c3ccccc3)cc2)c1. The maximum Gasteiger partial charge on any atom is 0.123 e. The summed E-state index contributed by atoms with van der Waals surface area (Å²) in [5.41, 5.74) is 3.39. The fraction of sp³-hybridized carbons (Fsp3) is 0.182. The normalized spacial score (nSPS) is 10.6. The molecule has 0 radical (unpaired) electrons. The molecule has 0 aliphatic rings. The lowest BCUT2D eigenvalue weighted by Gasteiger charge is -2.09. The standard InChI is InChI=1S/C22H22FNO/c23-21-8-4-5-18(17-21)13-14-24-15-16-25-22-11-9-20(10-12-22)19-6-2-1-3-7-19/h1-12,17,24H,13-16H2. The maximum absolute atomic E-state index is 13.1.